The number of hydrogen-bond acceptors (Lipinski definition) is 5. The van der Waals surface area contributed by atoms with E-state index in [1.54, 1.807) is 17.2 Å². The fourth-order valence-electron chi connectivity index (χ4n) is 0.932. The number of aliphatic hydroxyl groups excluding tert-OH is 1. The molecule has 0 amide bonds. The first-order valence-corrected chi connectivity index (χ1v) is 3.45. The fourth-order valence-corrected chi connectivity index (χ4v) is 0.932. The molecule has 1 aliphatic rings. The Kier molecular flexibility index (Phi) is 2.58. The Hall–Kier alpha value is -0.200. The molecule has 3 N–H and O–H groups in total. The van der Waals surface area contributed by atoms with Gasteiger partial charge in [0.2, 0.25) is 0 Å². The first-order valence-electron chi connectivity index (χ1n) is 3.45. The van der Waals surface area contributed by atoms with E-state index in [-0.39, 0.29) is 0 Å². The van der Waals surface area contributed by atoms with Gasteiger partial charge >= 0.3 is 0 Å². The van der Waals surface area contributed by atoms with Crippen LogP contribution >= 0.6 is 0 Å². The lowest BCUT2D eigenvalue weighted by atomic mass is 10.5. The first kappa shape index (κ1) is 7.90. The molecule has 1 rings (SSSR count). The van der Waals surface area contributed by atoms with Crippen molar-refractivity contribution in [2.24, 2.45) is 0 Å². The summed E-state index contributed by atoms with van der Waals surface area (Å²) in [4.78, 5) is 0. The Balaban J connectivity index is 2.31. The lowest BCUT2D eigenvalue weighted by molar-refractivity contribution is -0.00122. The molecule has 1 unspecified atom stereocenters. The molecule has 0 radical (unpaired) electrons. The van der Waals surface area contributed by atoms with Gasteiger partial charge in [-0.05, 0) is 6.42 Å². The van der Waals surface area contributed by atoms with Crippen LogP contribution in [0.5, 0.6) is 0 Å². The van der Waals surface area contributed by atoms with Crippen LogP contribution in [0.25, 0.3) is 0 Å². The van der Waals surface area contributed by atoms with Gasteiger partial charge < -0.3 is 5.11 Å². The van der Waals surface area contributed by atoms with E-state index in [0.29, 0.717) is 0 Å². The largest absolute Gasteiger partial charge is 0.363 e. The highest BCUT2D eigenvalue weighted by Gasteiger charge is 2.23. The second-order valence-corrected chi connectivity index (χ2v) is 2.36. The minimum Gasteiger partial charge on any atom is -0.363 e. The van der Waals surface area contributed by atoms with Crippen molar-refractivity contribution < 1.29 is 5.11 Å². The summed E-state index contributed by atoms with van der Waals surface area (Å²) in [5, 5.41) is 12.5. The van der Waals surface area contributed by atoms with Crippen molar-refractivity contribution in [1.29, 1.82) is 0 Å². The summed E-state index contributed by atoms with van der Waals surface area (Å²) in [7, 11) is 1.80. The first-order chi connectivity index (χ1) is 4.74. The number of aliphatic hydroxyl groups is 1. The SMILES string of the molecule is CCCN1NN(C)NC1O. The van der Waals surface area contributed by atoms with E-state index in [2.05, 4.69) is 17.9 Å². The zero-order valence-corrected chi connectivity index (χ0v) is 6.33. The third-order valence-corrected chi connectivity index (χ3v) is 1.35. The summed E-state index contributed by atoms with van der Waals surface area (Å²) < 4.78 is 0. The molecule has 0 saturated carbocycles. The minimum atomic E-state index is -0.593. The lowest BCUT2D eigenvalue weighted by Crippen LogP contribution is -2.40. The standard InChI is InChI=1S/C5H14N4O/c1-3-4-9-5(10)6-8(2)7-9/h5-7,10H,3-4H2,1-2H3. The van der Waals surface area contributed by atoms with Crippen LogP contribution in [0.4, 0.5) is 0 Å². The average molecular weight is 146 g/mol. The van der Waals surface area contributed by atoms with Crippen LogP contribution < -0.4 is 11.0 Å². The molecule has 60 valence electrons. The van der Waals surface area contributed by atoms with E-state index in [0.717, 1.165) is 13.0 Å². The van der Waals surface area contributed by atoms with Crippen LogP contribution in [0, 0.1) is 0 Å². The Labute approximate surface area is 60.5 Å². The molecule has 1 saturated heterocycles. The number of hydrogen-bond donors (Lipinski definition) is 3. The summed E-state index contributed by atoms with van der Waals surface area (Å²) in [6.07, 6.45) is 0.421. The highest BCUT2D eigenvalue weighted by molar-refractivity contribution is 4.56. The molecule has 1 heterocycles. The number of hydrazine groups is 3. The highest BCUT2D eigenvalue weighted by Crippen LogP contribution is 1.97. The van der Waals surface area contributed by atoms with Crippen LogP contribution in [-0.2, 0) is 0 Å². The van der Waals surface area contributed by atoms with Crippen molar-refractivity contribution in [1.82, 2.24) is 21.1 Å². The predicted molar refractivity (Wildman–Crippen MR) is 37.0 cm³/mol. The average Bonchev–Trinajstić information content (AvgIpc) is 2.13. The van der Waals surface area contributed by atoms with E-state index < -0.39 is 6.35 Å². The van der Waals surface area contributed by atoms with Crippen LogP contribution in [0.1, 0.15) is 13.3 Å². The van der Waals surface area contributed by atoms with Gasteiger partial charge in [-0.15, -0.1) is 0 Å². The topological polar surface area (TPSA) is 50.8 Å². The molecule has 10 heavy (non-hydrogen) atoms. The minimum absolute atomic E-state index is 0.593. The maximum absolute atomic E-state index is 9.20. The molecule has 0 bridgehead atoms. The van der Waals surface area contributed by atoms with Crippen LogP contribution in [0.2, 0.25) is 0 Å². The van der Waals surface area contributed by atoms with Gasteiger partial charge in [0.1, 0.15) is 0 Å². The number of rotatable bonds is 2. The molecule has 1 aliphatic heterocycles. The monoisotopic (exact) mass is 146 g/mol. The van der Waals surface area contributed by atoms with E-state index in [9.17, 15) is 5.11 Å². The van der Waals surface area contributed by atoms with Crippen molar-refractivity contribution >= 4 is 0 Å². The number of nitrogens with one attached hydrogen (secondary N) is 2. The molecular formula is C5H14N4O. The molecule has 5 nitrogen and oxygen atoms in total. The molecule has 1 atom stereocenters. The molecule has 0 aromatic carbocycles. The second kappa shape index (κ2) is 3.27. The number of nitrogens with zero attached hydrogens (tertiary/aromatic N) is 2. The summed E-state index contributed by atoms with van der Waals surface area (Å²) in [5.41, 5.74) is 5.67. The smallest absolute Gasteiger partial charge is 0.190 e. The fraction of sp³-hybridized carbons (Fsp3) is 1.00. The van der Waals surface area contributed by atoms with Gasteiger partial charge in [-0.2, -0.15) is 21.1 Å². The second-order valence-electron chi connectivity index (χ2n) is 2.36. The maximum atomic E-state index is 9.20. The molecule has 0 spiro atoms. The third-order valence-electron chi connectivity index (χ3n) is 1.35. The van der Waals surface area contributed by atoms with Crippen molar-refractivity contribution in [2.45, 2.75) is 19.7 Å². The van der Waals surface area contributed by atoms with Crippen molar-refractivity contribution in [3.05, 3.63) is 0 Å². The zero-order chi connectivity index (χ0) is 7.56. The van der Waals surface area contributed by atoms with Crippen molar-refractivity contribution in [3.8, 4) is 0 Å². The van der Waals surface area contributed by atoms with Gasteiger partial charge in [-0.3, -0.25) is 0 Å². The van der Waals surface area contributed by atoms with Crippen LogP contribution in [-0.4, -0.2) is 35.2 Å². The molecule has 0 aromatic heterocycles. The Morgan fingerprint density at radius 3 is 2.70 bits per heavy atom. The quantitative estimate of drug-likeness (QED) is 0.459. The van der Waals surface area contributed by atoms with Gasteiger partial charge in [0.05, 0.1) is 0 Å². The lowest BCUT2D eigenvalue weighted by Gasteiger charge is -2.15. The summed E-state index contributed by atoms with van der Waals surface area (Å²) in [5.74, 6) is 0. The molecule has 0 aromatic rings. The Morgan fingerprint density at radius 2 is 2.30 bits per heavy atom. The summed E-state index contributed by atoms with van der Waals surface area (Å²) in [6.45, 7) is 2.89. The van der Waals surface area contributed by atoms with Crippen LogP contribution in [0.15, 0.2) is 0 Å². The van der Waals surface area contributed by atoms with Crippen molar-refractivity contribution in [2.75, 3.05) is 13.6 Å². The molecule has 0 aliphatic carbocycles. The van der Waals surface area contributed by atoms with Gasteiger partial charge in [0, 0.05) is 13.6 Å². The third kappa shape index (κ3) is 1.65. The molecule has 1 fully saturated rings. The van der Waals surface area contributed by atoms with Gasteiger partial charge in [0.15, 0.2) is 6.35 Å². The van der Waals surface area contributed by atoms with Crippen LogP contribution in [0.3, 0.4) is 0 Å². The normalized spacial score (nSPS) is 29.7. The van der Waals surface area contributed by atoms with Gasteiger partial charge in [-0.1, -0.05) is 6.92 Å². The predicted octanol–water partition coefficient (Wildman–Crippen LogP) is -1.16. The van der Waals surface area contributed by atoms with Crippen molar-refractivity contribution in [3.63, 3.8) is 0 Å². The maximum Gasteiger partial charge on any atom is 0.190 e. The van der Waals surface area contributed by atoms with E-state index >= 15 is 0 Å². The molecular weight excluding hydrogens is 132 g/mol. The Bertz CT molecular complexity index is 110. The zero-order valence-electron chi connectivity index (χ0n) is 6.33. The highest BCUT2D eigenvalue weighted by atomic mass is 16.3. The summed E-state index contributed by atoms with van der Waals surface area (Å²) >= 11 is 0. The summed E-state index contributed by atoms with van der Waals surface area (Å²) in [6, 6.07) is 0. The van der Waals surface area contributed by atoms with E-state index in [1.807, 2.05) is 0 Å². The van der Waals surface area contributed by atoms with Gasteiger partial charge in [0.25, 0.3) is 0 Å². The van der Waals surface area contributed by atoms with E-state index in [4.69, 9.17) is 0 Å². The van der Waals surface area contributed by atoms with Gasteiger partial charge in [-0.25, -0.2) is 0 Å². The molecule has 5 heteroatoms. The Morgan fingerprint density at radius 1 is 1.60 bits per heavy atom. The van der Waals surface area contributed by atoms with E-state index in [1.165, 1.54) is 0 Å².